The van der Waals surface area contributed by atoms with Gasteiger partial charge in [-0.05, 0) is 23.4 Å². The Morgan fingerprint density at radius 1 is 0.886 bits per heavy atom. The first-order valence-corrected chi connectivity index (χ1v) is 15.6. The summed E-state index contributed by atoms with van der Waals surface area (Å²) in [6.45, 7) is -0.752. The zero-order valence-electron chi connectivity index (χ0n) is 23.3. The number of nitrogens with one attached hydrogen (secondary N) is 3. The Bertz CT molecular complexity index is 1500. The summed E-state index contributed by atoms with van der Waals surface area (Å²) in [4.78, 5) is 74.6. The summed E-state index contributed by atoms with van der Waals surface area (Å²) in [5, 5.41) is 26.2. The second kappa shape index (κ2) is 16.9. The molecular weight excluding hydrogens is 610 g/mol. The Hall–Kier alpha value is -4.60. The zero-order chi connectivity index (χ0) is 32.1. The molecule has 15 heteroatoms. The van der Waals surface area contributed by atoms with E-state index < -0.39 is 53.7 Å². The van der Waals surface area contributed by atoms with Crippen LogP contribution in [0.4, 0.5) is 15.3 Å². The smallest absolute Gasteiger partial charge is 0.329 e. The predicted molar refractivity (Wildman–Crippen MR) is 168 cm³/mol. The predicted octanol–water partition coefficient (Wildman–Crippen LogP) is 3.25. The summed E-state index contributed by atoms with van der Waals surface area (Å²) >= 11 is 0. The number of hydrogen-bond acceptors (Lipinski definition) is 9. The van der Waals surface area contributed by atoms with E-state index in [-0.39, 0.29) is 25.1 Å². The van der Waals surface area contributed by atoms with Crippen molar-refractivity contribution in [3.05, 3.63) is 78.4 Å². The first-order chi connectivity index (χ1) is 21.0. The van der Waals surface area contributed by atoms with Crippen LogP contribution < -0.4 is 21.7 Å². The molecule has 44 heavy (non-hydrogen) atoms. The molecule has 5 amide bonds. The highest BCUT2D eigenvalue weighted by Crippen LogP contribution is 2.28. The van der Waals surface area contributed by atoms with E-state index in [0.29, 0.717) is 22.0 Å². The second-order valence-corrected chi connectivity index (χ2v) is 11.7. The monoisotopic (exact) mass is 641 g/mol. The van der Waals surface area contributed by atoms with Crippen LogP contribution in [-0.4, -0.2) is 74.5 Å². The molecule has 0 aliphatic heterocycles. The lowest BCUT2D eigenvalue weighted by atomic mass is 10.1. The average molecular weight is 642 g/mol. The lowest BCUT2D eigenvalue weighted by Crippen LogP contribution is -2.49. The molecular formula is C29H31N5O8S2. The molecule has 3 aromatic rings. The van der Waals surface area contributed by atoms with E-state index in [2.05, 4.69) is 16.0 Å². The molecule has 0 heterocycles. The number of amides is 5. The highest BCUT2D eigenvalue weighted by Gasteiger charge is 2.26. The number of aliphatic carboxylic acids is 2. The van der Waals surface area contributed by atoms with Gasteiger partial charge in [0.05, 0.1) is 12.2 Å². The standard InChI is InChI=1S/C29H31N5O8S2/c30-21(27(39)40)13-14-24(35)32-23(26(38)31-15-25(36)37)17-43-44-29(42)34(16-18-7-2-1-3-8-18)28(41)33-22-12-6-10-19-9-4-5-11-20(19)22/h1-12,21,23H,13-17,30H2,(H,31,38)(H,32,35)(H,33,41)(H,36,37)(H,39,40). The van der Waals surface area contributed by atoms with Crippen LogP contribution in [0.5, 0.6) is 0 Å². The normalized spacial score (nSPS) is 12.0. The zero-order valence-corrected chi connectivity index (χ0v) is 24.9. The number of carboxylic acid groups (broad SMARTS) is 2. The van der Waals surface area contributed by atoms with E-state index in [1.165, 1.54) is 0 Å². The van der Waals surface area contributed by atoms with Crippen LogP contribution in [-0.2, 0) is 25.7 Å². The molecule has 7 N–H and O–H groups in total. The molecule has 0 saturated heterocycles. The highest BCUT2D eigenvalue weighted by atomic mass is 33.1. The maximum Gasteiger partial charge on any atom is 0.329 e. The minimum absolute atomic E-state index is 0.0487. The summed E-state index contributed by atoms with van der Waals surface area (Å²) in [5.41, 5.74) is 6.63. The molecule has 3 rings (SSSR count). The van der Waals surface area contributed by atoms with Crippen molar-refractivity contribution in [3.8, 4) is 0 Å². The fourth-order valence-corrected chi connectivity index (χ4v) is 5.81. The van der Waals surface area contributed by atoms with E-state index in [4.69, 9.17) is 15.9 Å². The number of carbonyl (C=O) groups excluding carboxylic acids is 4. The van der Waals surface area contributed by atoms with Crippen LogP contribution in [0.15, 0.2) is 72.8 Å². The number of carbonyl (C=O) groups is 6. The van der Waals surface area contributed by atoms with Gasteiger partial charge in [-0.15, -0.1) is 0 Å². The van der Waals surface area contributed by atoms with E-state index in [1.807, 2.05) is 30.3 Å². The number of nitrogens with zero attached hydrogens (tertiary/aromatic N) is 1. The topological polar surface area (TPSA) is 208 Å². The third kappa shape index (κ3) is 10.6. The minimum Gasteiger partial charge on any atom is -0.480 e. The van der Waals surface area contributed by atoms with Gasteiger partial charge < -0.3 is 31.9 Å². The van der Waals surface area contributed by atoms with Crippen LogP contribution >= 0.6 is 21.6 Å². The summed E-state index contributed by atoms with van der Waals surface area (Å²) in [6, 6.07) is 18.5. The van der Waals surface area contributed by atoms with Crippen molar-refractivity contribution >= 4 is 73.1 Å². The van der Waals surface area contributed by atoms with Gasteiger partial charge in [0.25, 0.3) is 0 Å². The molecule has 0 saturated carbocycles. The minimum atomic E-state index is -1.30. The largest absolute Gasteiger partial charge is 0.480 e. The molecule has 0 radical (unpaired) electrons. The maximum absolute atomic E-state index is 13.4. The van der Waals surface area contributed by atoms with Crippen molar-refractivity contribution in [2.45, 2.75) is 31.5 Å². The maximum atomic E-state index is 13.4. The Morgan fingerprint density at radius 2 is 1.57 bits per heavy atom. The van der Waals surface area contributed by atoms with Crippen molar-refractivity contribution in [1.29, 1.82) is 0 Å². The Kier molecular flexibility index (Phi) is 13.0. The number of rotatable bonds is 14. The van der Waals surface area contributed by atoms with Crippen LogP contribution in [0.1, 0.15) is 18.4 Å². The van der Waals surface area contributed by atoms with Gasteiger partial charge in [0.1, 0.15) is 18.6 Å². The second-order valence-electron chi connectivity index (χ2n) is 9.38. The van der Waals surface area contributed by atoms with Crippen LogP contribution in [0.3, 0.4) is 0 Å². The third-order valence-corrected chi connectivity index (χ3v) is 8.25. The van der Waals surface area contributed by atoms with E-state index in [0.717, 1.165) is 26.5 Å². The average Bonchev–Trinajstić information content (AvgIpc) is 3.01. The Labute approximate surface area is 260 Å². The summed E-state index contributed by atoms with van der Waals surface area (Å²) in [7, 11) is 1.54. The van der Waals surface area contributed by atoms with Crippen LogP contribution in [0.2, 0.25) is 0 Å². The fraction of sp³-hybridized carbons (Fsp3) is 0.241. The molecule has 232 valence electrons. The van der Waals surface area contributed by atoms with Gasteiger partial charge in [0.2, 0.25) is 11.8 Å². The van der Waals surface area contributed by atoms with E-state index in [1.54, 1.807) is 42.5 Å². The number of urea groups is 1. The third-order valence-electron chi connectivity index (χ3n) is 6.11. The number of anilines is 1. The molecule has 0 fully saturated rings. The first kappa shape index (κ1) is 33.9. The molecule has 2 unspecified atom stereocenters. The number of benzene rings is 3. The summed E-state index contributed by atoms with van der Waals surface area (Å²) in [5.74, 6) is -4.28. The van der Waals surface area contributed by atoms with Crippen LogP contribution in [0.25, 0.3) is 10.8 Å². The molecule has 2 atom stereocenters. The van der Waals surface area contributed by atoms with Gasteiger partial charge in [0, 0.05) is 28.4 Å². The van der Waals surface area contributed by atoms with Gasteiger partial charge in [-0.25, -0.2) is 9.69 Å². The quantitative estimate of drug-likeness (QED) is 0.141. The van der Waals surface area contributed by atoms with Gasteiger partial charge >= 0.3 is 23.2 Å². The number of fused-ring (bicyclic) bond motifs is 1. The SMILES string of the molecule is NC(CCC(=O)NC(CSSC(=O)N(Cc1ccccc1)C(=O)Nc1cccc2ccccc12)C(=O)NCC(=O)O)C(=O)O. The van der Waals surface area contributed by atoms with Gasteiger partial charge in [-0.1, -0.05) is 77.5 Å². The lowest BCUT2D eigenvalue weighted by Gasteiger charge is -2.22. The van der Waals surface area contributed by atoms with Gasteiger partial charge in [0.15, 0.2) is 0 Å². The number of hydrogen-bond donors (Lipinski definition) is 6. The van der Waals surface area contributed by atoms with Gasteiger partial charge in [-0.3, -0.25) is 24.0 Å². The molecule has 0 aromatic heterocycles. The summed E-state index contributed by atoms with van der Waals surface area (Å²) in [6.07, 6.45) is -0.489. The molecule has 3 aromatic carbocycles. The Balaban J connectivity index is 1.70. The van der Waals surface area contributed by atoms with Crippen LogP contribution in [0, 0.1) is 0 Å². The molecule has 0 aliphatic carbocycles. The van der Waals surface area contributed by atoms with E-state index >= 15 is 0 Å². The number of carboxylic acids is 2. The number of imide groups is 1. The Morgan fingerprint density at radius 3 is 2.27 bits per heavy atom. The van der Waals surface area contributed by atoms with Crippen molar-refractivity contribution in [2.75, 3.05) is 17.6 Å². The van der Waals surface area contributed by atoms with E-state index in [9.17, 15) is 28.8 Å². The van der Waals surface area contributed by atoms with Crippen molar-refractivity contribution < 1.29 is 39.0 Å². The lowest BCUT2D eigenvalue weighted by molar-refractivity contribution is -0.139. The molecule has 0 spiro atoms. The molecule has 0 bridgehead atoms. The fourth-order valence-electron chi connectivity index (χ4n) is 3.85. The highest BCUT2D eigenvalue weighted by molar-refractivity contribution is 8.82. The van der Waals surface area contributed by atoms with Gasteiger partial charge in [-0.2, -0.15) is 0 Å². The van der Waals surface area contributed by atoms with Crippen molar-refractivity contribution in [2.24, 2.45) is 5.73 Å². The number of nitrogens with two attached hydrogens (primary N) is 1. The summed E-state index contributed by atoms with van der Waals surface area (Å²) < 4.78 is 0. The van der Waals surface area contributed by atoms with Crippen molar-refractivity contribution in [1.82, 2.24) is 15.5 Å². The van der Waals surface area contributed by atoms with Crippen molar-refractivity contribution in [3.63, 3.8) is 0 Å². The molecule has 13 nitrogen and oxygen atoms in total. The molecule has 0 aliphatic rings. The first-order valence-electron chi connectivity index (χ1n) is 13.3.